The maximum atomic E-state index is 14.3. The number of halogens is 5. The topological polar surface area (TPSA) is 110 Å². The van der Waals surface area contributed by atoms with Crippen molar-refractivity contribution < 1.29 is 36.6 Å². The molecule has 0 spiro atoms. The van der Waals surface area contributed by atoms with Gasteiger partial charge in [-0.05, 0) is 41.5 Å². The number of hydrogen-bond donors (Lipinski definition) is 2. The predicted octanol–water partition coefficient (Wildman–Crippen LogP) is 4.66. The van der Waals surface area contributed by atoms with E-state index in [-0.39, 0.29) is 39.4 Å². The van der Waals surface area contributed by atoms with Gasteiger partial charge in [-0.2, -0.15) is 22.0 Å². The van der Waals surface area contributed by atoms with Crippen LogP contribution >= 0.6 is 0 Å². The number of benzene rings is 1. The molecule has 5 rings (SSSR count). The zero-order valence-corrected chi connectivity index (χ0v) is 16.0. The first-order chi connectivity index (χ1) is 15.5. The molecule has 0 fully saturated rings. The van der Waals surface area contributed by atoms with Crippen LogP contribution in [0.3, 0.4) is 0 Å². The molecule has 33 heavy (non-hydrogen) atoms. The van der Waals surface area contributed by atoms with Crippen LogP contribution < -0.4 is 0 Å². The van der Waals surface area contributed by atoms with Crippen molar-refractivity contribution in [3.63, 3.8) is 0 Å². The summed E-state index contributed by atoms with van der Waals surface area (Å²) in [5, 5.41) is 27.0. The number of pyridine rings is 2. The number of fused-ring (bicyclic) bond motifs is 3. The van der Waals surface area contributed by atoms with Crippen LogP contribution in [0.2, 0.25) is 0 Å². The summed E-state index contributed by atoms with van der Waals surface area (Å²) in [6, 6.07) is 6.71. The van der Waals surface area contributed by atoms with E-state index in [1.807, 2.05) is 0 Å². The number of rotatable bonds is 3. The Kier molecular flexibility index (Phi) is 4.28. The molecule has 4 aromatic heterocycles. The molecule has 0 bridgehead atoms. The maximum Gasteiger partial charge on any atom is 0.459 e. The van der Waals surface area contributed by atoms with Gasteiger partial charge in [0.05, 0.1) is 0 Å². The highest BCUT2D eigenvalue weighted by molar-refractivity contribution is 5.95. The van der Waals surface area contributed by atoms with Gasteiger partial charge in [-0.25, -0.2) is 9.97 Å². The number of phenols is 2. The molecule has 0 atom stereocenters. The van der Waals surface area contributed by atoms with Crippen LogP contribution in [0.25, 0.3) is 39.4 Å². The maximum absolute atomic E-state index is 14.3. The third-order valence-corrected chi connectivity index (χ3v) is 4.87. The van der Waals surface area contributed by atoms with Crippen molar-refractivity contribution in [3.8, 4) is 34.2 Å². The number of phenolic OH excluding ortho intramolecular Hbond substituents is 2. The normalized spacial score (nSPS) is 12.6. The smallest absolute Gasteiger partial charge is 0.459 e. The SMILES string of the molecule is Oc1cc(O)cc(-c2cc(C(F)(F)C(F)(F)F)nc3c2ccc2nc(-c4nnco4)cn23)c1. The Hall–Kier alpha value is -4.29. The molecule has 0 unspecified atom stereocenters. The van der Waals surface area contributed by atoms with Gasteiger partial charge < -0.3 is 14.6 Å². The molecular weight excluding hydrogens is 453 g/mol. The van der Waals surface area contributed by atoms with E-state index in [0.29, 0.717) is 6.07 Å². The second kappa shape index (κ2) is 6.85. The fourth-order valence-electron chi connectivity index (χ4n) is 3.41. The first kappa shape index (κ1) is 20.6. The molecule has 1 aromatic carbocycles. The Bertz CT molecular complexity index is 1490. The molecule has 0 saturated heterocycles. The zero-order chi connectivity index (χ0) is 23.5. The molecule has 0 saturated carbocycles. The third kappa shape index (κ3) is 3.28. The lowest BCUT2D eigenvalue weighted by atomic mass is 9.99. The third-order valence-electron chi connectivity index (χ3n) is 4.87. The fourth-order valence-corrected chi connectivity index (χ4v) is 3.41. The first-order valence-corrected chi connectivity index (χ1v) is 9.12. The van der Waals surface area contributed by atoms with E-state index in [2.05, 4.69) is 20.2 Å². The van der Waals surface area contributed by atoms with Crippen LogP contribution in [0.4, 0.5) is 22.0 Å². The standard InChI is InChI=1S/C20H10F5N5O3/c21-19(22,20(23,24)25)15-6-13(9-3-10(31)5-11(32)4-9)12-1-2-16-27-14(18-29-26-8-33-18)7-30(16)17(12)28-15/h1-8,31-32H. The number of hydrogen-bond acceptors (Lipinski definition) is 7. The highest BCUT2D eigenvalue weighted by atomic mass is 19.4. The molecule has 0 aliphatic heterocycles. The average Bonchev–Trinajstić information content (AvgIpc) is 3.41. The summed E-state index contributed by atoms with van der Waals surface area (Å²) in [7, 11) is 0. The molecule has 168 valence electrons. The summed E-state index contributed by atoms with van der Waals surface area (Å²) >= 11 is 0. The van der Waals surface area contributed by atoms with Crippen LogP contribution in [0.1, 0.15) is 5.69 Å². The summed E-state index contributed by atoms with van der Waals surface area (Å²) < 4.78 is 74.4. The molecule has 0 amide bonds. The van der Waals surface area contributed by atoms with Crippen molar-refractivity contribution in [1.82, 2.24) is 24.6 Å². The lowest BCUT2D eigenvalue weighted by Crippen LogP contribution is -2.34. The lowest BCUT2D eigenvalue weighted by Gasteiger charge is -2.21. The number of aromatic hydroxyl groups is 2. The number of imidazole rings is 1. The molecular formula is C20H10F5N5O3. The van der Waals surface area contributed by atoms with E-state index in [1.54, 1.807) is 0 Å². The van der Waals surface area contributed by atoms with Crippen LogP contribution in [-0.2, 0) is 5.92 Å². The van der Waals surface area contributed by atoms with Crippen molar-refractivity contribution in [2.45, 2.75) is 12.1 Å². The van der Waals surface area contributed by atoms with Crippen LogP contribution in [0.15, 0.2) is 53.4 Å². The van der Waals surface area contributed by atoms with E-state index in [9.17, 15) is 32.2 Å². The van der Waals surface area contributed by atoms with E-state index < -0.39 is 29.3 Å². The number of nitrogens with zero attached hydrogens (tertiary/aromatic N) is 5. The molecule has 13 heteroatoms. The molecule has 4 heterocycles. The molecule has 0 radical (unpaired) electrons. The monoisotopic (exact) mass is 463 g/mol. The minimum Gasteiger partial charge on any atom is -0.508 e. The van der Waals surface area contributed by atoms with Crippen molar-refractivity contribution >= 4 is 16.7 Å². The quantitative estimate of drug-likeness (QED) is 0.375. The highest BCUT2D eigenvalue weighted by Gasteiger charge is 2.60. The minimum atomic E-state index is -5.91. The largest absolute Gasteiger partial charge is 0.508 e. The van der Waals surface area contributed by atoms with Gasteiger partial charge in [0, 0.05) is 17.6 Å². The Morgan fingerprint density at radius 1 is 0.909 bits per heavy atom. The summed E-state index contributed by atoms with van der Waals surface area (Å²) in [5.41, 5.74) is -1.66. The summed E-state index contributed by atoms with van der Waals surface area (Å²) in [6.07, 6.45) is -3.56. The molecule has 0 aliphatic rings. The van der Waals surface area contributed by atoms with Crippen LogP contribution in [0, 0.1) is 0 Å². The van der Waals surface area contributed by atoms with E-state index in [1.165, 1.54) is 22.7 Å². The zero-order valence-electron chi connectivity index (χ0n) is 16.0. The Labute approximate surface area is 179 Å². The molecule has 5 aromatic rings. The average molecular weight is 463 g/mol. The van der Waals surface area contributed by atoms with Crippen LogP contribution in [0.5, 0.6) is 11.5 Å². The molecule has 2 N–H and O–H groups in total. The van der Waals surface area contributed by atoms with Gasteiger partial charge in [0.2, 0.25) is 6.39 Å². The predicted molar refractivity (Wildman–Crippen MR) is 102 cm³/mol. The molecule has 0 aliphatic carbocycles. The van der Waals surface area contributed by atoms with Gasteiger partial charge in [0.25, 0.3) is 5.89 Å². The van der Waals surface area contributed by atoms with Gasteiger partial charge >= 0.3 is 12.1 Å². The van der Waals surface area contributed by atoms with Crippen molar-refractivity contribution in [1.29, 1.82) is 0 Å². The first-order valence-electron chi connectivity index (χ1n) is 9.12. The summed E-state index contributed by atoms with van der Waals surface area (Å²) in [6.45, 7) is 0. The van der Waals surface area contributed by atoms with E-state index >= 15 is 0 Å². The molecule has 8 nitrogen and oxygen atoms in total. The summed E-state index contributed by atoms with van der Waals surface area (Å²) in [5.74, 6) is -6.11. The van der Waals surface area contributed by atoms with Gasteiger partial charge in [-0.3, -0.25) is 4.40 Å². The lowest BCUT2D eigenvalue weighted by molar-refractivity contribution is -0.290. The van der Waals surface area contributed by atoms with Crippen molar-refractivity contribution in [2.24, 2.45) is 0 Å². The van der Waals surface area contributed by atoms with Gasteiger partial charge in [0.1, 0.15) is 34.2 Å². The Morgan fingerprint density at radius 3 is 2.27 bits per heavy atom. The fraction of sp³-hybridized carbons (Fsp3) is 0.100. The number of alkyl halides is 5. The highest BCUT2D eigenvalue weighted by Crippen LogP contribution is 2.45. The van der Waals surface area contributed by atoms with Crippen LogP contribution in [-0.4, -0.2) is 41.0 Å². The summed E-state index contributed by atoms with van der Waals surface area (Å²) in [4.78, 5) is 7.84. The van der Waals surface area contributed by atoms with Gasteiger partial charge in [0.15, 0.2) is 0 Å². The second-order valence-electron chi connectivity index (χ2n) is 7.03. The van der Waals surface area contributed by atoms with Gasteiger partial charge in [-0.1, -0.05) is 0 Å². The minimum absolute atomic E-state index is 0.00162. The van der Waals surface area contributed by atoms with Gasteiger partial charge in [-0.15, -0.1) is 10.2 Å². The number of aromatic nitrogens is 5. The Morgan fingerprint density at radius 2 is 1.64 bits per heavy atom. The van der Waals surface area contributed by atoms with Crippen molar-refractivity contribution in [3.05, 3.63) is 54.7 Å². The van der Waals surface area contributed by atoms with Crippen molar-refractivity contribution in [2.75, 3.05) is 0 Å². The Balaban J connectivity index is 1.87. The van der Waals surface area contributed by atoms with E-state index in [0.717, 1.165) is 24.6 Å². The van der Waals surface area contributed by atoms with E-state index in [4.69, 9.17) is 4.42 Å². The second-order valence-corrected chi connectivity index (χ2v) is 7.03.